The van der Waals surface area contributed by atoms with Crippen molar-refractivity contribution in [2.45, 2.75) is 32.4 Å². The lowest BCUT2D eigenvalue weighted by Gasteiger charge is -2.20. The molecule has 17 heavy (non-hydrogen) atoms. The van der Waals surface area contributed by atoms with Crippen molar-refractivity contribution in [2.24, 2.45) is 5.73 Å². The fourth-order valence-electron chi connectivity index (χ4n) is 1.81. The normalized spacial score (nSPS) is 14.3. The summed E-state index contributed by atoms with van der Waals surface area (Å²) in [6, 6.07) is 7.33. The van der Waals surface area contributed by atoms with E-state index in [9.17, 15) is 9.90 Å². The molecular formula is C13H20N2O2. The van der Waals surface area contributed by atoms with Crippen molar-refractivity contribution in [2.75, 3.05) is 6.54 Å². The van der Waals surface area contributed by atoms with Crippen molar-refractivity contribution in [1.82, 2.24) is 5.32 Å². The van der Waals surface area contributed by atoms with Crippen LogP contribution in [-0.4, -0.2) is 23.7 Å². The van der Waals surface area contributed by atoms with Gasteiger partial charge in [-0.05, 0) is 25.0 Å². The molecule has 0 fully saturated rings. The van der Waals surface area contributed by atoms with Crippen LogP contribution in [0.15, 0.2) is 24.3 Å². The van der Waals surface area contributed by atoms with Gasteiger partial charge >= 0.3 is 0 Å². The number of aliphatic hydroxyl groups excluding tert-OH is 1. The number of nitrogens with one attached hydrogen (secondary N) is 1. The standard InChI is InChI=1S/C13H20N2O2/c1-3-12(15-8-9(2)16)10-6-4-5-7-11(10)13(14)17/h4-7,9,12,15-16H,3,8H2,1-2H3,(H2,14,17). The van der Waals surface area contributed by atoms with E-state index >= 15 is 0 Å². The van der Waals surface area contributed by atoms with Gasteiger partial charge in [0.05, 0.1) is 6.10 Å². The summed E-state index contributed by atoms with van der Waals surface area (Å²) >= 11 is 0. The van der Waals surface area contributed by atoms with Gasteiger partial charge in [-0.15, -0.1) is 0 Å². The summed E-state index contributed by atoms with van der Waals surface area (Å²) in [6.45, 7) is 4.24. The first-order valence-corrected chi connectivity index (χ1v) is 5.86. The Balaban J connectivity index is 2.91. The summed E-state index contributed by atoms with van der Waals surface area (Å²) in [5.41, 5.74) is 6.78. The lowest BCUT2D eigenvalue weighted by molar-refractivity contribution is 0.0998. The Morgan fingerprint density at radius 1 is 1.47 bits per heavy atom. The second-order valence-electron chi connectivity index (χ2n) is 4.17. The second-order valence-corrected chi connectivity index (χ2v) is 4.17. The van der Waals surface area contributed by atoms with E-state index in [1.807, 2.05) is 19.1 Å². The maximum absolute atomic E-state index is 11.3. The van der Waals surface area contributed by atoms with Gasteiger partial charge in [-0.1, -0.05) is 25.1 Å². The zero-order valence-electron chi connectivity index (χ0n) is 10.3. The van der Waals surface area contributed by atoms with E-state index in [4.69, 9.17) is 5.73 Å². The molecule has 0 saturated heterocycles. The van der Waals surface area contributed by atoms with Crippen LogP contribution in [0.25, 0.3) is 0 Å². The molecule has 0 aromatic heterocycles. The number of nitrogens with two attached hydrogens (primary N) is 1. The Bertz CT molecular complexity index is 377. The summed E-state index contributed by atoms with van der Waals surface area (Å²) in [5.74, 6) is -0.419. The summed E-state index contributed by atoms with van der Waals surface area (Å²) in [7, 11) is 0. The van der Waals surface area contributed by atoms with Crippen molar-refractivity contribution < 1.29 is 9.90 Å². The van der Waals surface area contributed by atoms with Gasteiger partial charge in [0.25, 0.3) is 0 Å². The van der Waals surface area contributed by atoms with Crippen molar-refractivity contribution in [3.05, 3.63) is 35.4 Å². The van der Waals surface area contributed by atoms with Gasteiger partial charge < -0.3 is 16.2 Å². The molecule has 1 aromatic rings. The first-order valence-electron chi connectivity index (χ1n) is 5.86. The second kappa shape index (κ2) is 6.37. The molecule has 0 heterocycles. The molecule has 4 heteroatoms. The van der Waals surface area contributed by atoms with Crippen LogP contribution >= 0.6 is 0 Å². The van der Waals surface area contributed by atoms with Crippen LogP contribution < -0.4 is 11.1 Å². The minimum absolute atomic E-state index is 0.0355. The molecule has 0 saturated carbocycles. The number of carbonyl (C=O) groups excluding carboxylic acids is 1. The van der Waals surface area contributed by atoms with E-state index in [0.29, 0.717) is 12.1 Å². The van der Waals surface area contributed by atoms with E-state index in [1.165, 1.54) is 0 Å². The third-order valence-corrected chi connectivity index (χ3v) is 2.67. The Labute approximate surface area is 102 Å². The molecule has 0 aliphatic carbocycles. The molecule has 94 valence electrons. The summed E-state index contributed by atoms with van der Waals surface area (Å²) in [6.07, 6.45) is 0.418. The maximum Gasteiger partial charge on any atom is 0.249 e. The van der Waals surface area contributed by atoms with E-state index < -0.39 is 12.0 Å². The van der Waals surface area contributed by atoms with E-state index in [2.05, 4.69) is 5.32 Å². The quantitative estimate of drug-likeness (QED) is 0.695. The van der Waals surface area contributed by atoms with E-state index in [-0.39, 0.29) is 6.04 Å². The highest BCUT2D eigenvalue weighted by Crippen LogP contribution is 2.20. The molecule has 1 rings (SSSR count). The van der Waals surface area contributed by atoms with Crippen LogP contribution in [0.2, 0.25) is 0 Å². The Morgan fingerprint density at radius 3 is 2.65 bits per heavy atom. The molecule has 2 unspecified atom stereocenters. The number of carbonyl (C=O) groups is 1. The summed E-state index contributed by atoms with van der Waals surface area (Å²) in [4.78, 5) is 11.3. The van der Waals surface area contributed by atoms with Crippen LogP contribution in [0, 0.1) is 0 Å². The SMILES string of the molecule is CCC(NCC(C)O)c1ccccc1C(N)=O. The number of primary amides is 1. The molecule has 4 N–H and O–H groups in total. The average Bonchev–Trinajstić information content (AvgIpc) is 2.30. The molecule has 0 aliphatic heterocycles. The largest absolute Gasteiger partial charge is 0.392 e. The molecular weight excluding hydrogens is 216 g/mol. The van der Waals surface area contributed by atoms with Gasteiger partial charge in [-0.3, -0.25) is 4.79 Å². The molecule has 0 aliphatic rings. The van der Waals surface area contributed by atoms with Crippen molar-refractivity contribution >= 4 is 5.91 Å². The summed E-state index contributed by atoms with van der Waals surface area (Å²) in [5, 5.41) is 12.5. The van der Waals surface area contributed by atoms with Gasteiger partial charge in [0.2, 0.25) is 5.91 Å². The average molecular weight is 236 g/mol. The molecule has 0 spiro atoms. The van der Waals surface area contributed by atoms with Crippen LogP contribution in [0.1, 0.15) is 42.2 Å². The third kappa shape index (κ3) is 3.84. The Morgan fingerprint density at radius 2 is 2.12 bits per heavy atom. The van der Waals surface area contributed by atoms with Crippen molar-refractivity contribution in [3.63, 3.8) is 0 Å². The Hall–Kier alpha value is -1.39. The Kier molecular flexibility index (Phi) is 5.12. The maximum atomic E-state index is 11.3. The number of amides is 1. The fraction of sp³-hybridized carbons (Fsp3) is 0.462. The number of hydrogen-bond donors (Lipinski definition) is 3. The van der Waals surface area contributed by atoms with E-state index in [1.54, 1.807) is 19.1 Å². The highest BCUT2D eigenvalue weighted by atomic mass is 16.3. The topological polar surface area (TPSA) is 75.3 Å². The molecule has 0 radical (unpaired) electrons. The van der Waals surface area contributed by atoms with Crippen molar-refractivity contribution in [3.8, 4) is 0 Å². The lowest BCUT2D eigenvalue weighted by atomic mass is 9.98. The van der Waals surface area contributed by atoms with Crippen LogP contribution in [0.3, 0.4) is 0 Å². The molecule has 0 bridgehead atoms. The predicted molar refractivity (Wildman–Crippen MR) is 67.7 cm³/mol. The van der Waals surface area contributed by atoms with Gasteiger partial charge in [0.1, 0.15) is 0 Å². The summed E-state index contributed by atoms with van der Waals surface area (Å²) < 4.78 is 0. The monoisotopic (exact) mass is 236 g/mol. The van der Waals surface area contributed by atoms with Crippen LogP contribution in [0.5, 0.6) is 0 Å². The van der Waals surface area contributed by atoms with Gasteiger partial charge in [-0.2, -0.15) is 0 Å². The molecule has 1 amide bonds. The first kappa shape index (κ1) is 13.7. The highest BCUT2D eigenvalue weighted by molar-refractivity contribution is 5.94. The van der Waals surface area contributed by atoms with E-state index in [0.717, 1.165) is 12.0 Å². The number of rotatable bonds is 6. The first-order chi connectivity index (χ1) is 8.06. The number of hydrogen-bond acceptors (Lipinski definition) is 3. The highest BCUT2D eigenvalue weighted by Gasteiger charge is 2.15. The fourth-order valence-corrected chi connectivity index (χ4v) is 1.81. The third-order valence-electron chi connectivity index (χ3n) is 2.67. The van der Waals surface area contributed by atoms with Crippen LogP contribution in [-0.2, 0) is 0 Å². The minimum Gasteiger partial charge on any atom is -0.392 e. The zero-order valence-corrected chi connectivity index (χ0v) is 10.3. The van der Waals surface area contributed by atoms with Gasteiger partial charge in [0, 0.05) is 18.2 Å². The minimum atomic E-state index is -0.419. The predicted octanol–water partition coefficient (Wildman–Crippen LogP) is 1.21. The molecule has 2 atom stereocenters. The number of benzene rings is 1. The molecule has 4 nitrogen and oxygen atoms in total. The smallest absolute Gasteiger partial charge is 0.249 e. The van der Waals surface area contributed by atoms with Gasteiger partial charge in [-0.25, -0.2) is 0 Å². The number of aliphatic hydroxyl groups is 1. The molecule has 1 aromatic carbocycles. The van der Waals surface area contributed by atoms with Crippen molar-refractivity contribution in [1.29, 1.82) is 0 Å². The van der Waals surface area contributed by atoms with Gasteiger partial charge in [0.15, 0.2) is 0 Å². The lowest BCUT2D eigenvalue weighted by Crippen LogP contribution is -2.30. The zero-order chi connectivity index (χ0) is 12.8. The van der Waals surface area contributed by atoms with Crippen LogP contribution in [0.4, 0.5) is 0 Å².